The fourth-order valence-electron chi connectivity index (χ4n) is 6.32. The van der Waals surface area contributed by atoms with Crippen molar-refractivity contribution in [3.05, 3.63) is 101 Å². The summed E-state index contributed by atoms with van der Waals surface area (Å²) in [4.78, 5) is 15.5. The lowest BCUT2D eigenvalue weighted by atomic mass is 9.85. The van der Waals surface area contributed by atoms with Crippen molar-refractivity contribution in [3.8, 4) is 11.4 Å². The minimum atomic E-state index is -0.530. The molecule has 1 saturated heterocycles. The molecule has 1 aliphatic carbocycles. The summed E-state index contributed by atoms with van der Waals surface area (Å²) in [5.41, 5.74) is 3.05. The van der Waals surface area contributed by atoms with Gasteiger partial charge in [0.25, 0.3) is 0 Å². The van der Waals surface area contributed by atoms with Gasteiger partial charge in [0.1, 0.15) is 34.7 Å². The normalized spacial score (nSPS) is 17.8. The van der Waals surface area contributed by atoms with Gasteiger partial charge < -0.3 is 20.1 Å². The highest BCUT2D eigenvalue weighted by Crippen LogP contribution is 2.39. The standard InChI is InChI=1S/C36H43FN8O3/c1-36(2,3)31-20-33(45(42-31)29-19-23(22-46)11-13-27(29)37)41-35(47)40-28-14-15-30(26-10-6-5-9-25(26)28)48-24-12-16-32(38)44(21-24)34(39)43-17-7-4-8-18-43/h5-6,9-13,16,19-21,28,30,38-39,46H,4,7-8,14-15,17-18,22H2,1-3H3,(H2,40,41,47)/t28-,30+/m0/s1. The first-order chi connectivity index (χ1) is 23.0. The third-order valence-corrected chi connectivity index (χ3v) is 8.97. The third-order valence-electron chi connectivity index (χ3n) is 8.97. The first-order valence-electron chi connectivity index (χ1n) is 16.5. The van der Waals surface area contributed by atoms with E-state index in [9.17, 15) is 9.90 Å². The van der Waals surface area contributed by atoms with Gasteiger partial charge in [-0.05, 0) is 73.1 Å². The molecule has 0 bridgehead atoms. The summed E-state index contributed by atoms with van der Waals surface area (Å²) in [6, 6.07) is 16.5. The fraction of sp³-hybridized carbons (Fsp3) is 0.389. The number of urea groups is 1. The molecule has 252 valence electrons. The number of carbonyl (C=O) groups excluding carboxylic acids is 1. The largest absolute Gasteiger partial charge is 0.484 e. The quantitative estimate of drug-likeness (QED) is 0.126. The number of amides is 2. The van der Waals surface area contributed by atoms with Crippen LogP contribution in [-0.4, -0.2) is 49.4 Å². The Balaban J connectivity index is 1.20. The van der Waals surface area contributed by atoms with Crippen LogP contribution in [0.2, 0.25) is 0 Å². The molecule has 2 aromatic carbocycles. The summed E-state index contributed by atoms with van der Waals surface area (Å²) in [6.45, 7) is 7.32. The molecule has 4 aromatic rings. The van der Waals surface area contributed by atoms with Crippen LogP contribution >= 0.6 is 0 Å². The van der Waals surface area contributed by atoms with E-state index in [-0.39, 0.29) is 41.3 Å². The van der Waals surface area contributed by atoms with E-state index < -0.39 is 11.8 Å². The summed E-state index contributed by atoms with van der Waals surface area (Å²) >= 11 is 0. The molecule has 0 saturated carbocycles. The Bertz CT molecular complexity index is 1870. The number of likely N-dealkylation sites (tertiary alicyclic amines) is 1. The number of pyridine rings is 1. The maximum absolute atomic E-state index is 15.0. The van der Waals surface area contributed by atoms with Crippen molar-refractivity contribution in [3.63, 3.8) is 0 Å². The fourth-order valence-corrected chi connectivity index (χ4v) is 6.32. The number of nitrogens with one attached hydrogen (secondary N) is 4. The van der Waals surface area contributed by atoms with Gasteiger partial charge in [-0.2, -0.15) is 5.10 Å². The lowest BCUT2D eigenvalue weighted by Crippen LogP contribution is -2.42. The van der Waals surface area contributed by atoms with Gasteiger partial charge in [-0.1, -0.05) is 51.1 Å². The number of rotatable bonds is 6. The van der Waals surface area contributed by atoms with E-state index in [2.05, 4.69) is 15.7 Å². The number of benzene rings is 2. The summed E-state index contributed by atoms with van der Waals surface area (Å²) in [6.07, 6.45) is 5.90. The van der Waals surface area contributed by atoms with Crippen molar-refractivity contribution in [2.24, 2.45) is 0 Å². The topological polar surface area (TPSA) is 144 Å². The van der Waals surface area contributed by atoms with Crippen LogP contribution in [0.15, 0.2) is 66.9 Å². The Morgan fingerprint density at radius 3 is 2.52 bits per heavy atom. The second-order valence-electron chi connectivity index (χ2n) is 13.5. The zero-order chi connectivity index (χ0) is 34.0. The number of aliphatic hydroxyl groups is 1. The average Bonchev–Trinajstić information content (AvgIpc) is 3.51. The molecule has 0 radical (unpaired) electrons. The van der Waals surface area contributed by atoms with Crippen LogP contribution in [0.25, 0.3) is 5.69 Å². The minimum absolute atomic E-state index is 0.126. The molecule has 1 aliphatic heterocycles. The Morgan fingerprint density at radius 1 is 1.04 bits per heavy atom. The molecular formula is C36H43FN8O3. The number of anilines is 1. The third kappa shape index (κ3) is 6.98. The number of hydrogen-bond donors (Lipinski definition) is 5. The molecule has 0 spiro atoms. The van der Waals surface area contributed by atoms with Gasteiger partial charge in [0.2, 0.25) is 5.96 Å². The molecule has 1 fully saturated rings. The zero-order valence-electron chi connectivity index (χ0n) is 27.6. The van der Waals surface area contributed by atoms with Crippen molar-refractivity contribution in [2.45, 2.75) is 77.0 Å². The molecule has 48 heavy (non-hydrogen) atoms. The van der Waals surface area contributed by atoms with Crippen LogP contribution in [0, 0.1) is 16.6 Å². The first-order valence-corrected chi connectivity index (χ1v) is 16.5. The predicted octanol–water partition coefficient (Wildman–Crippen LogP) is 6.13. The smallest absolute Gasteiger partial charge is 0.320 e. The predicted molar refractivity (Wildman–Crippen MR) is 181 cm³/mol. The lowest BCUT2D eigenvalue weighted by Gasteiger charge is -2.33. The van der Waals surface area contributed by atoms with Crippen LogP contribution in [0.4, 0.5) is 15.0 Å². The number of nitrogens with zero attached hydrogens (tertiary/aromatic N) is 4. The molecule has 2 aromatic heterocycles. The maximum atomic E-state index is 15.0. The molecular weight excluding hydrogens is 611 g/mol. The molecule has 5 N–H and O–H groups in total. The molecule has 2 amide bonds. The van der Waals surface area contributed by atoms with Gasteiger partial charge in [0.15, 0.2) is 0 Å². The summed E-state index contributed by atoms with van der Waals surface area (Å²) in [7, 11) is 0. The van der Waals surface area contributed by atoms with Crippen molar-refractivity contribution in [2.75, 3.05) is 18.4 Å². The first kappa shape index (κ1) is 33.0. The van der Waals surface area contributed by atoms with Crippen molar-refractivity contribution in [1.82, 2.24) is 24.6 Å². The Kier molecular flexibility index (Phi) is 9.36. The number of ether oxygens (including phenoxy) is 1. The maximum Gasteiger partial charge on any atom is 0.320 e. The molecule has 2 atom stereocenters. The average molecular weight is 655 g/mol. The highest BCUT2D eigenvalue weighted by molar-refractivity contribution is 5.89. The lowest BCUT2D eigenvalue weighted by molar-refractivity contribution is 0.171. The summed E-state index contributed by atoms with van der Waals surface area (Å²) in [5.74, 6) is 0.622. The minimum Gasteiger partial charge on any atom is -0.484 e. The Morgan fingerprint density at radius 2 is 1.79 bits per heavy atom. The van der Waals surface area contributed by atoms with Crippen molar-refractivity contribution >= 4 is 17.8 Å². The van der Waals surface area contributed by atoms with Crippen LogP contribution < -0.4 is 20.9 Å². The summed E-state index contributed by atoms with van der Waals surface area (Å²) in [5, 5.41) is 37.4. The van der Waals surface area contributed by atoms with Crippen LogP contribution in [0.3, 0.4) is 0 Å². The van der Waals surface area contributed by atoms with E-state index in [1.54, 1.807) is 29.0 Å². The molecule has 0 unspecified atom stereocenters. The van der Waals surface area contributed by atoms with Gasteiger partial charge in [-0.15, -0.1) is 0 Å². The van der Waals surface area contributed by atoms with E-state index in [4.69, 9.17) is 15.6 Å². The number of fused-ring (bicyclic) bond motifs is 1. The van der Waals surface area contributed by atoms with Crippen LogP contribution in [-0.2, 0) is 12.0 Å². The summed E-state index contributed by atoms with van der Waals surface area (Å²) < 4.78 is 24.4. The number of aromatic nitrogens is 3. The van der Waals surface area contributed by atoms with E-state index in [0.717, 1.165) is 43.5 Å². The number of piperidine rings is 1. The second kappa shape index (κ2) is 13.6. The van der Waals surface area contributed by atoms with Gasteiger partial charge in [-0.3, -0.25) is 20.7 Å². The van der Waals surface area contributed by atoms with E-state index in [1.807, 2.05) is 49.9 Å². The number of hydrogen-bond acceptors (Lipinski definition) is 6. The van der Waals surface area contributed by atoms with Crippen molar-refractivity contribution in [1.29, 1.82) is 10.8 Å². The van der Waals surface area contributed by atoms with E-state index in [0.29, 0.717) is 35.7 Å². The van der Waals surface area contributed by atoms with Gasteiger partial charge in [-0.25, -0.2) is 13.9 Å². The number of aliphatic hydroxyl groups excluding tert-OH is 1. The highest BCUT2D eigenvalue weighted by Gasteiger charge is 2.30. The van der Waals surface area contributed by atoms with Crippen LogP contribution in [0.1, 0.15) is 87.4 Å². The van der Waals surface area contributed by atoms with E-state index >= 15 is 4.39 Å². The SMILES string of the molecule is CC(C)(C)c1cc(NC(=O)N[C@H]2CC[C@@H](Oc3ccc(=N)n(C(=N)N4CCCCC4)c3)c3ccccc32)n(-c2cc(CO)ccc2F)n1. The number of halogens is 1. The van der Waals surface area contributed by atoms with Crippen molar-refractivity contribution < 1.29 is 19.0 Å². The molecule has 2 aliphatic rings. The molecule has 3 heterocycles. The van der Waals surface area contributed by atoms with Gasteiger partial charge in [0.05, 0.1) is 24.5 Å². The molecule has 6 rings (SSSR count). The molecule has 12 heteroatoms. The Labute approximate surface area is 279 Å². The van der Waals surface area contributed by atoms with E-state index in [1.165, 1.54) is 22.9 Å². The van der Waals surface area contributed by atoms with Gasteiger partial charge in [0, 0.05) is 24.6 Å². The van der Waals surface area contributed by atoms with Gasteiger partial charge >= 0.3 is 6.03 Å². The Hall–Kier alpha value is -4.97. The monoisotopic (exact) mass is 654 g/mol. The highest BCUT2D eigenvalue weighted by atomic mass is 19.1. The van der Waals surface area contributed by atoms with Crippen LogP contribution in [0.5, 0.6) is 5.75 Å². The second-order valence-corrected chi connectivity index (χ2v) is 13.5. The molecule has 11 nitrogen and oxygen atoms in total. The number of carbonyl (C=O) groups is 1. The zero-order valence-corrected chi connectivity index (χ0v) is 27.6.